The Morgan fingerprint density at radius 3 is 2.52 bits per heavy atom. The van der Waals surface area contributed by atoms with Crippen LogP contribution in [0.25, 0.3) is 0 Å². The average molecular weight is 466 g/mol. The molecule has 0 radical (unpaired) electrons. The summed E-state index contributed by atoms with van der Waals surface area (Å²) in [5, 5.41) is 8.84. The van der Waals surface area contributed by atoms with Crippen molar-refractivity contribution in [2.45, 2.75) is 26.9 Å². The molecule has 0 aliphatic rings. The van der Waals surface area contributed by atoms with Crippen LogP contribution in [0, 0.1) is 11.2 Å². The largest absolute Gasteiger partial charge is 0.486 e. The van der Waals surface area contributed by atoms with Gasteiger partial charge in [0.1, 0.15) is 6.10 Å². The molecule has 0 fully saturated rings. The normalized spacial score (nSPS) is 12.6. The van der Waals surface area contributed by atoms with E-state index in [2.05, 4.69) is 20.9 Å². The molecule has 25 heavy (non-hydrogen) atoms. The van der Waals surface area contributed by atoms with Crippen LogP contribution < -0.4 is 20.7 Å². The predicted octanol–water partition coefficient (Wildman–Crippen LogP) is 2.15. The maximum Gasteiger partial charge on any atom is 0.227 e. The van der Waals surface area contributed by atoms with Gasteiger partial charge in [-0.15, -0.1) is 24.0 Å². The summed E-state index contributed by atoms with van der Waals surface area (Å²) in [6, 6.07) is 6.28. The number of rotatable bonds is 7. The Kier molecular flexibility index (Phi) is 10.4. The minimum Gasteiger partial charge on any atom is -0.486 e. The monoisotopic (exact) mass is 466 g/mol. The van der Waals surface area contributed by atoms with Gasteiger partial charge in [0, 0.05) is 20.6 Å². The van der Waals surface area contributed by atoms with Crippen molar-refractivity contribution in [2.24, 2.45) is 10.4 Å². The van der Waals surface area contributed by atoms with Crippen LogP contribution in [0.5, 0.6) is 5.75 Å². The first-order valence-electron chi connectivity index (χ1n) is 7.88. The number of hydrogen-bond donors (Lipinski definition) is 3. The summed E-state index contributed by atoms with van der Waals surface area (Å²) in [6.07, 6.45) is -0.257. The topological polar surface area (TPSA) is 74.8 Å². The van der Waals surface area contributed by atoms with Crippen molar-refractivity contribution >= 4 is 35.8 Å². The molecular weight excluding hydrogens is 438 g/mol. The molecule has 1 rings (SSSR count). The zero-order valence-corrected chi connectivity index (χ0v) is 17.7. The van der Waals surface area contributed by atoms with Gasteiger partial charge in [0.15, 0.2) is 17.5 Å². The molecule has 1 unspecified atom stereocenters. The van der Waals surface area contributed by atoms with E-state index in [-0.39, 0.29) is 47.6 Å². The molecule has 8 heteroatoms. The third-order valence-electron chi connectivity index (χ3n) is 3.48. The molecule has 0 aromatic heterocycles. The Morgan fingerprint density at radius 1 is 1.32 bits per heavy atom. The number of amides is 1. The van der Waals surface area contributed by atoms with Gasteiger partial charge in [0.05, 0.1) is 12.0 Å². The highest BCUT2D eigenvalue weighted by Crippen LogP contribution is 2.16. The molecule has 1 amide bonds. The molecule has 0 saturated carbocycles. The van der Waals surface area contributed by atoms with Crippen LogP contribution in [0.3, 0.4) is 0 Å². The molecule has 1 atom stereocenters. The highest BCUT2D eigenvalue weighted by molar-refractivity contribution is 14.0. The van der Waals surface area contributed by atoms with Gasteiger partial charge in [-0.2, -0.15) is 0 Å². The van der Waals surface area contributed by atoms with E-state index in [1.807, 2.05) is 20.8 Å². The molecule has 1 aromatic carbocycles. The molecule has 0 bridgehead atoms. The summed E-state index contributed by atoms with van der Waals surface area (Å²) in [5.41, 5.74) is -0.568. The highest BCUT2D eigenvalue weighted by Gasteiger charge is 2.26. The van der Waals surface area contributed by atoms with Crippen molar-refractivity contribution in [3.05, 3.63) is 30.1 Å². The smallest absolute Gasteiger partial charge is 0.227 e. The number of para-hydroxylation sites is 1. The molecule has 0 saturated heterocycles. The van der Waals surface area contributed by atoms with E-state index in [0.29, 0.717) is 19.0 Å². The molecule has 6 nitrogen and oxygen atoms in total. The number of nitrogens with one attached hydrogen (secondary N) is 3. The van der Waals surface area contributed by atoms with Crippen molar-refractivity contribution in [3.63, 3.8) is 0 Å². The second-order valence-corrected chi connectivity index (χ2v) is 6.13. The lowest BCUT2D eigenvalue weighted by Crippen LogP contribution is -2.48. The fraction of sp³-hybridized carbons (Fsp3) is 0.529. The Labute approximate surface area is 166 Å². The lowest BCUT2D eigenvalue weighted by Gasteiger charge is -2.24. The van der Waals surface area contributed by atoms with E-state index in [9.17, 15) is 9.18 Å². The highest BCUT2D eigenvalue weighted by atomic mass is 127. The van der Waals surface area contributed by atoms with Gasteiger partial charge in [-0.25, -0.2) is 4.39 Å². The molecule has 0 heterocycles. The third-order valence-corrected chi connectivity index (χ3v) is 3.48. The molecule has 1 aromatic rings. The number of guanidine groups is 1. The molecule has 142 valence electrons. The Morgan fingerprint density at radius 2 is 1.96 bits per heavy atom. The molecule has 3 N–H and O–H groups in total. The maximum atomic E-state index is 13.6. The van der Waals surface area contributed by atoms with Crippen molar-refractivity contribution in [3.8, 4) is 5.75 Å². The van der Waals surface area contributed by atoms with Crippen molar-refractivity contribution in [1.82, 2.24) is 16.0 Å². The number of carbonyl (C=O) groups is 1. The average Bonchev–Trinajstić information content (AvgIpc) is 2.56. The van der Waals surface area contributed by atoms with E-state index in [1.54, 1.807) is 32.3 Å². The van der Waals surface area contributed by atoms with Gasteiger partial charge in [-0.1, -0.05) is 12.1 Å². The predicted molar refractivity (Wildman–Crippen MR) is 109 cm³/mol. The standard InChI is InChI=1S/C17H27FN4O2.HI/c1-12(24-14-9-7-6-8-13(14)18)10-21-16(20-5)22-11-17(2,3)15(23)19-4;/h6-9,12H,10-11H2,1-5H3,(H,19,23)(H2,20,21,22);1H. The van der Waals surface area contributed by atoms with Crippen molar-refractivity contribution in [2.75, 3.05) is 27.2 Å². The van der Waals surface area contributed by atoms with Crippen LogP contribution >= 0.6 is 24.0 Å². The SMILES string of the molecule is CN=C(NCC(C)Oc1ccccc1F)NCC(C)(C)C(=O)NC.I. The second kappa shape index (κ2) is 11.1. The van der Waals surface area contributed by atoms with Crippen LogP contribution in [0.4, 0.5) is 4.39 Å². The van der Waals surface area contributed by atoms with Gasteiger partial charge < -0.3 is 20.7 Å². The summed E-state index contributed by atoms with van der Waals surface area (Å²) in [6.45, 7) is 6.39. The lowest BCUT2D eigenvalue weighted by molar-refractivity contribution is -0.128. The van der Waals surface area contributed by atoms with E-state index >= 15 is 0 Å². The van der Waals surface area contributed by atoms with Crippen LogP contribution in [0.1, 0.15) is 20.8 Å². The molecule has 0 aliphatic carbocycles. The van der Waals surface area contributed by atoms with Crippen LogP contribution in [-0.4, -0.2) is 45.2 Å². The van der Waals surface area contributed by atoms with E-state index in [4.69, 9.17) is 4.74 Å². The van der Waals surface area contributed by atoms with Gasteiger partial charge in [0.25, 0.3) is 0 Å². The maximum absolute atomic E-state index is 13.6. The zero-order chi connectivity index (χ0) is 18.2. The first-order valence-corrected chi connectivity index (χ1v) is 7.88. The fourth-order valence-electron chi connectivity index (χ4n) is 1.98. The molecular formula is C17H28FIN4O2. The lowest BCUT2D eigenvalue weighted by atomic mass is 9.92. The van der Waals surface area contributed by atoms with Crippen LogP contribution in [-0.2, 0) is 4.79 Å². The van der Waals surface area contributed by atoms with Crippen molar-refractivity contribution < 1.29 is 13.9 Å². The third kappa shape index (κ3) is 7.89. The summed E-state index contributed by atoms with van der Waals surface area (Å²) < 4.78 is 19.1. The van der Waals surface area contributed by atoms with E-state index < -0.39 is 5.41 Å². The summed E-state index contributed by atoms with van der Waals surface area (Å²) >= 11 is 0. The first kappa shape index (κ1) is 23.4. The van der Waals surface area contributed by atoms with Gasteiger partial charge in [-0.05, 0) is 32.9 Å². The number of ether oxygens (including phenoxy) is 1. The second-order valence-electron chi connectivity index (χ2n) is 6.13. The first-order chi connectivity index (χ1) is 11.3. The summed E-state index contributed by atoms with van der Waals surface area (Å²) in [4.78, 5) is 15.9. The van der Waals surface area contributed by atoms with E-state index in [1.165, 1.54) is 6.07 Å². The summed E-state index contributed by atoms with van der Waals surface area (Å²) in [5.74, 6) is 0.326. The van der Waals surface area contributed by atoms with Gasteiger partial charge in [-0.3, -0.25) is 9.79 Å². The zero-order valence-electron chi connectivity index (χ0n) is 15.4. The van der Waals surface area contributed by atoms with Crippen LogP contribution in [0.2, 0.25) is 0 Å². The quantitative estimate of drug-likeness (QED) is 0.327. The van der Waals surface area contributed by atoms with Gasteiger partial charge in [0.2, 0.25) is 5.91 Å². The molecule has 0 spiro atoms. The summed E-state index contributed by atoms with van der Waals surface area (Å²) in [7, 11) is 3.25. The van der Waals surface area contributed by atoms with E-state index in [0.717, 1.165) is 0 Å². The number of hydrogen-bond acceptors (Lipinski definition) is 3. The van der Waals surface area contributed by atoms with Crippen LogP contribution in [0.15, 0.2) is 29.3 Å². The Balaban J connectivity index is 0.00000576. The minimum atomic E-state index is -0.568. The fourth-order valence-corrected chi connectivity index (χ4v) is 1.98. The Bertz CT molecular complexity index is 582. The van der Waals surface area contributed by atoms with Crippen molar-refractivity contribution in [1.29, 1.82) is 0 Å². The molecule has 0 aliphatic heterocycles. The number of benzene rings is 1. The minimum absolute atomic E-state index is 0. The number of nitrogens with zero attached hydrogens (tertiary/aromatic N) is 1. The number of halogens is 2. The number of aliphatic imine (C=N–C) groups is 1. The number of carbonyl (C=O) groups excluding carboxylic acids is 1. The Hall–Kier alpha value is -1.58. The van der Waals surface area contributed by atoms with Gasteiger partial charge >= 0.3 is 0 Å².